The molecule has 0 heterocycles. The third-order valence-electron chi connectivity index (χ3n) is 4.93. The molecule has 1 aromatic rings. The zero-order chi connectivity index (χ0) is 19.6. The lowest BCUT2D eigenvalue weighted by Gasteiger charge is -2.05. The van der Waals surface area contributed by atoms with Gasteiger partial charge in [-0.1, -0.05) is 108 Å². The molecule has 0 fully saturated rings. The number of benzene rings is 1. The van der Waals surface area contributed by atoms with Crippen LogP contribution in [0.2, 0.25) is 0 Å². The van der Waals surface area contributed by atoms with Crippen molar-refractivity contribution in [3.05, 3.63) is 47.5 Å². The monoisotopic (exact) mass is 372 g/mol. The number of carbonyl (C=O) groups is 1. The summed E-state index contributed by atoms with van der Waals surface area (Å²) in [4.78, 5) is 11.6. The minimum absolute atomic E-state index is 0.252. The van der Waals surface area contributed by atoms with Gasteiger partial charge in [0.15, 0.2) is 0 Å². The van der Waals surface area contributed by atoms with E-state index < -0.39 is 0 Å². The summed E-state index contributed by atoms with van der Waals surface area (Å²) < 4.78 is 5.26. The van der Waals surface area contributed by atoms with E-state index in [1.54, 1.807) is 0 Å². The number of ether oxygens (including phenoxy) is 1. The number of rotatable bonds is 16. The Hall–Kier alpha value is -1.57. The summed E-state index contributed by atoms with van der Waals surface area (Å²) in [6.07, 6.45) is 20.3. The SMILES string of the molecule is CCCC=CC(=O)OCc1ccc(CCCCCCCCCCCC)cc1. The molecule has 152 valence electrons. The molecule has 0 aliphatic heterocycles. The van der Waals surface area contributed by atoms with Gasteiger partial charge in [0.25, 0.3) is 0 Å². The fourth-order valence-corrected chi connectivity index (χ4v) is 3.17. The van der Waals surface area contributed by atoms with Gasteiger partial charge in [0, 0.05) is 6.08 Å². The Balaban J connectivity index is 2.07. The van der Waals surface area contributed by atoms with E-state index in [0.29, 0.717) is 6.61 Å². The first-order valence-corrected chi connectivity index (χ1v) is 11.2. The van der Waals surface area contributed by atoms with Crippen LogP contribution in [0.4, 0.5) is 0 Å². The molecule has 1 rings (SSSR count). The summed E-state index contributed by atoms with van der Waals surface area (Å²) in [5, 5.41) is 0. The Kier molecular flexibility index (Phi) is 14.4. The predicted octanol–water partition coefficient (Wildman–Crippen LogP) is 7.55. The zero-order valence-corrected chi connectivity index (χ0v) is 17.7. The summed E-state index contributed by atoms with van der Waals surface area (Å²) in [7, 11) is 0. The van der Waals surface area contributed by atoms with Gasteiger partial charge in [0.05, 0.1) is 0 Å². The summed E-state index contributed by atoms with van der Waals surface area (Å²) in [6, 6.07) is 8.50. The lowest BCUT2D eigenvalue weighted by molar-refractivity contribution is -0.139. The topological polar surface area (TPSA) is 26.3 Å². The molecule has 0 spiro atoms. The predicted molar refractivity (Wildman–Crippen MR) is 116 cm³/mol. The minimum Gasteiger partial charge on any atom is -0.458 e. The first-order chi connectivity index (χ1) is 13.3. The number of carbonyl (C=O) groups excluding carboxylic acids is 1. The molecule has 0 saturated carbocycles. The van der Waals surface area contributed by atoms with Crippen LogP contribution in [0.3, 0.4) is 0 Å². The van der Waals surface area contributed by atoms with Gasteiger partial charge in [-0.2, -0.15) is 0 Å². The van der Waals surface area contributed by atoms with E-state index >= 15 is 0 Å². The Morgan fingerprint density at radius 3 is 1.93 bits per heavy atom. The second-order valence-corrected chi connectivity index (χ2v) is 7.55. The molecule has 0 atom stereocenters. The van der Waals surface area contributed by atoms with Gasteiger partial charge in [-0.05, 0) is 30.4 Å². The van der Waals surface area contributed by atoms with Crippen LogP contribution in [0.25, 0.3) is 0 Å². The largest absolute Gasteiger partial charge is 0.458 e. The van der Waals surface area contributed by atoms with Crippen molar-refractivity contribution in [2.45, 2.75) is 104 Å². The van der Waals surface area contributed by atoms with E-state index in [0.717, 1.165) is 24.8 Å². The smallest absolute Gasteiger partial charge is 0.330 e. The van der Waals surface area contributed by atoms with Crippen molar-refractivity contribution < 1.29 is 9.53 Å². The third-order valence-corrected chi connectivity index (χ3v) is 4.93. The normalized spacial score (nSPS) is 11.2. The average Bonchev–Trinajstić information content (AvgIpc) is 2.69. The summed E-state index contributed by atoms with van der Waals surface area (Å²) in [6.45, 7) is 4.72. The molecule has 2 nitrogen and oxygen atoms in total. The van der Waals surface area contributed by atoms with E-state index in [-0.39, 0.29) is 5.97 Å². The minimum atomic E-state index is -0.252. The van der Waals surface area contributed by atoms with E-state index in [4.69, 9.17) is 4.74 Å². The fraction of sp³-hybridized carbons (Fsp3) is 0.640. The van der Waals surface area contributed by atoms with Gasteiger partial charge in [-0.3, -0.25) is 0 Å². The number of allylic oxidation sites excluding steroid dienone is 1. The molecule has 0 N–H and O–H groups in total. The number of hydrogen-bond donors (Lipinski definition) is 0. The van der Waals surface area contributed by atoms with Crippen LogP contribution in [0.5, 0.6) is 0 Å². The van der Waals surface area contributed by atoms with Crippen molar-refractivity contribution >= 4 is 5.97 Å². The third kappa shape index (κ3) is 13.3. The van der Waals surface area contributed by atoms with Crippen molar-refractivity contribution in [1.29, 1.82) is 0 Å². The fourth-order valence-electron chi connectivity index (χ4n) is 3.17. The van der Waals surface area contributed by atoms with Crippen molar-refractivity contribution in [2.24, 2.45) is 0 Å². The Labute approximate surface area is 167 Å². The molecule has 0 radical (unpaired) electrons. The Bertz CT molecular complexity index is 502. The van der Waals surface area contributed by atoms with Crippen LogP contribution in [0.1, 0.15) is 102 Å². The van der Waals surface area contributed by atoms with Gasteiger partial charge in [0.1, 0.15) is 6.61 Å². The number of hydrogen-bond acceptors (Lipinski definition) is 2. The van der Waals surface area contributed by atoms with E-state index in [1.165, 1.54) is 75.8 Å². The first-order valence-electron chi connectivity index (χ1n) is 11.2. The van der Waals surface area contributed by atoms with Crippen LogP contribution in [0.15, 0.2) is 36.4 Å². The number of aryl methyl sites for hydroxylation is 1. The maximum absolute atomic E-state index is 11.6. The van der Waals surface area contributed by atoms with Gasteiger partial charge in [0.2, 0.25) is 0 Å². The van der Waals surface area contributed by atoms with Crippen LogP contribution in [0, 0.1) is 0 Å². The molecule has 0 bridgehead atoms. The first kappa shape index (κ1) is 23.5. The lowest BCUT2D eigenvalue weighted by atomic mass is 10.0. The van der Waals surface area contributed by atoms with E-state index in [9.17, 15) is 4.79 Å². The van der Waals surface area contributed by atoms with Crippen LogP contribution in [-0.2, 0) is 22.6 Å². The molecular formula is C25H40O2. The Morgan fingerprint density at radius 2 is 1.33 bits per heavy atom. The van der Waals surface area contributed by atoms with Crippen LogP contribution < -0.4 is 0 Å². The molecule has 0 aliphatic rings. The lowest BCUT2D eigenvalue weighted by Crippen LogP contribution is -2.00. The molecule has 0 amide bonds. The van der Waals surface area contributed by atoms with E-state index in [2.05, 4.69) is 38.1 Å². The molecular weight excluding hydrogens is 332 g/mol. The molecule has 0 aromatic heterocycles. The molecule has 0 unspecified atom stereocenters. The number of esters is 1. The summed E-state index contributed by atoms with van der Waals surface area (Å²) in [5.41, 5.74) is 2.44. The molecule has 0 saturated heterocycles. The van der Waals surface area contributed by atoms with Gasteiger partial charge >= 0.3 is 5.97 Å². The quantitative estimate of drug-likeness (QED) is 0.170. The van der Waals surface area contributed by atoms with Crippen LogP contribution >= 0.6 is 0 Å². The van der Waals surface area contributed by atoms with Crippen LogP contribution in [-0.4, -0.2) is 5.97 Å². The van der Waals surface area contributed by atoms with Crippen molar-refractivity contribution in [3.8, 4) is 0 Å². The molecule has 0 aliphatic carbocycles. The van der Waals surface area contributed by atoms with Gasteiger partial charge in [-0.15, -0.1) is 0 Å². The van der Waals surface area contributed by atoms with Crippen molar-refractivity contribution in [1.82, 2.24) is 0 Å². The van der Waals surface area contributed by atoms with E-state index in [1.807, 2.05) is 6.08 Å². The van der Waals surface area contributed by atoms with Gasteiger partial charge < -0.3 is 4.74 Å². The number of unbranched alkanes of at least 4 members (excludes halogenated alkanes) is 10. The van der Waals surface area contributed by atoms with Crippen molar-refractivity contribution in [3.63, 3.8) is 0 Å². The highest BCUT2D eigenvalue weighted by Crippen LogP contribution is 2.13. The maximum atomic E-state index is 11.6. The highest BCUT2D eigenvalue weighted by molar-refractivity contribution is 5.81. The summed E-state index contributed by atoms with van der Waals surface area (Å²) >= 11 is 0. The Morgan fingerprint density at radius 1 is 0.778 bits per heavy atom. The van der Waals surface area contributed by atoms with Crippen molar-refractivity contribution in [2.75, 3.05) is 0 Å². The molecule has 2 heteroatoms. The second-order valence-electron chi connectivity index (χ2n) is 7.55. The highest BCUT2D eigenvalue weighted by atomic mass is 16.5. The summed E-state index contributed by atoms with van der Waals surface area (Å²) in [5.74, 6) is -0.252. The zero-order valence-electron chi connectivity index (χ0n) is 17.7. The molecule has 27 heavy (non-hydrogen) atoms. The standard InChI is InChI=1S/C25H40O2/c1-3-5-7-8-9-10-11-12-13-15-16-23-18-20-24(21-19-23)22-27-25(26)17-14-6-4-2/h14,17-21H,3-13,15-16,22H2,1-2H3. The average molecular weight is 373 g/mol. The second kappa shape index (κ2) is 16.6. The highest BCUT2D eigenvalue weighted by Gasteiger charge is 2.00. The van der Waals surface area contributed by atoms with Gasteiger partial charge in [-0.25, -0.2) is 4.79 Å². The molecule has 1 aromatic carbocycles. The maximum Gasteiger partial charge on any atom is 0.330 e.